The van der Waals surface area contributed by atoms with E-state index in [4.69, 9.17) is 10.8 Å². The summed E-state index contributed by atoms with van der Waals surface area (Å²) in [6.07, 6.45) is 0.672. The van der Waals surface area contributed by atoms with E-state index in [0.29, 0.717) is 12.3 Å². The molecule has 0 saturated carbocycles. The summed E-state index contributed by atoms with van der Waals surface area (Å²) in [6, 6.07) is 0. The van der Waals surface area contributed by atoms with Crippen molar-refractivity contribution in [1.82, 2.24) is 0 Å². The van der Waals surface area contributed by atoms with Gasteiger partial charge in [0.25, 0.3) is 0 Å². The fourth-order valence-corrected chi connectivity index (χ4v) is 0.867. The Labute approximate surface area is 73.4 Å². The molecule has 0 heterocycles. The van der Waals surface area contributed by atoms with E-state index in [1.807, 2.05) is 13.8 Å². The molecule has 1 atom stereocenters. The number of carboxylic acids is 1. The lowest BCUT2D eigenvalue weighted by atomic mass is 9.98. The summed E-state index contributed by atoms with van der Waals surface area (Å²) in [5.41, 5.74) is 5.24. The third-order valence-corrected chi connectivity index (χ3v) is 1.39. The van der Waals surface area contributed by atoms with Crippen molar-refractivity contribution in [2.45, 2.75) is 20.3 Å². The number of carboxylic acid groups (broad SMARTS) is 1. The van der Waals surface area contributed by atoms with Gasteiger partial charge in [-0.15, -0.1) is 12.4 Å². The van der Waals surface area contributed by atoms with E-state index in [2.05, 4.69) is 0 Å². The molecular formula is C7H16ClNO2. The average molecular weight is 182 g/mol. The van der Waals surface area contributed by atoms with Crippen LogP contribution in [-0.4, -0.2) is 17.6 Å². The molecule has 0 aliphatic heterocycles. The van der Waals surface area contributed by atoms with Gasteiger partial charge in [-0.3, -0.25) is 4.79 Å². The number of halogens is 1. The minimum atomic E-state index is -0.781. The van der Waals surface area contributed by atoms with Crippen LogP contribution in [0.1, 0.15) is 20.3 Å². The first-order valence-electron chi connectivity index (χ1n) is 3.50. The molecule has 0 saturated heterocycles. The minimum Gasteiger partial charge on any atom is -0.481 e. The summed E-state index contributed by atoms with van der Waals surface area (Å²) >= 11 is 0. The van der Waals surface area contributed by atoms with Crippen molar-refractivity contribution in [3.63, 3.8) is 0 Å². The van der Waals surface area contributed by atoms with Crippen molar-refractivity contribution >= 4 is 18.4 Å². The van der Waals surface area contributed by atoms with Crippen molar-refractivity contribution in [2.24, 2.45) is 17.6 Å². The van der Waals surface area contributed by atoms with E-state index < -0.39 is 5.97 Å². The molecule has 68 valence electrons. The highest BCUT2D eigenvalue weighted by atomic mass is 35.5. The molecule has 0 spiro atoms. The number of rotatable bonds is 4. The van der Waals surface area contributed by atoms with Crippen LogP contribution in [0.5, 0.6) is 0 Å². The Morgan fingerprint density at radius 3 is 2.09 bits per heavy atom. The number of hydrogen-bond donors (Lipinski definition) is 2. The Bertz CT molecular complexity index is 117. The van der Waals surface area contributed by atoms with E-state index >= 15 is 0 Å². The van der Waals surface area contributed by atoms with Gasteiger partial charge in [-0.1, -0.05) is 13.8 Å². The van der Waals surface area contributed by atoms with Gasteiger partial charge in [0.05, 0.1) is 5.92 Å². The lowest BCUT2D eigenvalue weighted by Gasteiger charge is -2.10. The number of carbonyl (C=O) groups is 1. The zero-order chi connectivity index (χ0) is 8.15. The zero-order valence-electron chi connectivity index (χ0n) is 6.91. The van der Waals surface area contributed by atoms with Crippen molar-refractivity contribution in [1.29, 1.82) is 0 Å². The van der Waals surface area contributed by atoms with Gasteiger partial charge in [0.2, 0.25) is 0 Å². The first-order valence-corrected chi connectivity index (χ1v) is 3.50. The molecular weight excluding hydrogens is 166 g/mol. The van der Waals surface area contributed by atoms with Crippen LogP contribution < -0.4 is 5.73 Å². The normalized spacial score (nSPS) is 12.4. The van der Waals surface area contributed by atoms with Gasteiger partial charge < -0.3 is 10.8 Å². The highest BCUT2D eigenvalue weighted by molar-refractivity contribution is 5.85. The van der Waals surface area contributed by atoms with Gasteiger partial charge in [0.15, 0.2) is 0 Å². The van der Waals surface area contributed by atoms with Crippen LogP contribution in [0.15, 0.2) is 0 Å². The molecule has 0 aromatic carbocycles. The fraction of sp³-hybridized carbons (Fsp3) is 0.857. The zero-order valence-corrected chi connectivity index (χ0v) is 7.73. The molecule has 0 radical (unpaired) electrons. The minimum absolute atomic E-state index is 0. The SMILES string of the molecule is CC(C)CC(CN)C(=O)O.Cl. The van der Waals surface area contributed by atoms with Crippen molar-refractivity contribution in [2.75, 3.05) is 6.54 Å². The Hall–Kier alpha value is -0.280. The first-order chi connectivity index (χ1) is 4.57. The van der Waals surface area contributed by atoms with Crippen LogP contribution in [0.25, 0.3) is 0 Å². The maximum absolute atomic E-state index is 10.4. The molecule has 0 aliphatic carbocycles. The molecule has 0 fully saturated rings. The summed E-state index contributed by atoms with van der Waals surface area (Å²) in [4.78, 5) is 10.4. The standard InChI is InChI=1S/C7H15NO2.ClH/c1-5(2)3-6(4-8)7(9)10;/h5-6H,3-4,8H2,1-2H3,(H,9,10);1H. The summed E-state index contributed by atoms with van der Waals surface area (Å²) < 4.78 is 0. The topological polar surface area (TPSA) is 63.3 Å². The second kappa shape index (κ2) is 6.43. The average Bonchev–Trinajstić information content (AvgIpc) is 1.81. The largest absolute Gasteiger partial charge is 0.481 e. The highest BCUT2D eigenvalue weighted by Gasteiger charge is 2.15. The monoisotopic (exact) mass is 181 g/mol. The van der Waals surface area contributed by atoms with Crippen LogP contribution >= 0.6 is 12.4 Å². The Morgan fingerprint density at radius 2 is 2.00 bits per heavy atom. The molecule has 0 rings (SSSR count). The number of hydrogen-bond acceptors (Lipinski definition) is 2. The summed E-state index contributed by atoms with van der Waals surface area (Å²) in [5, 5.41) is 8.54. The quantitative estimate of drug-likeness (QED) is 0.683. The van der Waals surface area contributed by atoms with E-state index in [-0.39, 0.29) is 24.9 Å². The molecule has 11 heavy (non-hydrogen) atoms. The summed E-state index contributed by atoms with van der Waals surface area (Å²) in [7, 11) is 0. The third-order valence-electron chi connectivity index (χ3n) is 1.39. The predicted molar refractivity (Wildman–Crippen MR) is 46.9 cm³/mol. The van der Waals surface area contributed by atoms with Crippen molar-refractivity contribution in [3.05, 3.63) is 0 Å². The third kappa shape index (κ3) is 6.13. The predicted octanol–water partition coefficient (Wildman–Crippen LogP) is 1.11. The fourth-order valence-electron chi connectivity index (χ4n) is 0.867. The van der Waals surface area contributed by atoms with Crippen molar-refractivity contribution in [3.8, 4) is 0 Å². The van der Waals surface area contributed by atoms with Gasteiger partial charge in [-0.05, 0) is 12.3 Å². The van der Waals surface area contributed by atoms with Gasteiger partial charge in [0, 0.05) is 6.54 Å². The molecule has 0 amide bonds. The molecule has 4 heteroatoms. The molecule has 0 aromatic heterocycles. The summed E-state index contributed by atoms with van der Waals surface area (Å²) in [6.45, 7) is 4.23. The van der Waals surface area contributed by atoms with Crippen LogP contribution in [0.4, 0.5) is 0 Å². The van der Waals surface area contributed by atoms with Gasteiger partial charge in [-0.2, -0.15) is 0 Å². The maximum atomic E-state index is 10.4. The smallest absolute Gasteiger partial charge is 0.307 e. The van der Waals surface area contributed by atoms with Crippen LogP contribution in [-0.2, 0) is 4.79 Å². The van der Waals surface area contributed by atoms with E-state index in [1.165, 1.54) is 0 Å². The van der Waals surface area contributed by atoms with E-state index in [1.54, 1.807) is 0 Å². The Balaban J connectivity index is 0. The molecule has 0 aliphatic rings. The van der Waals surface area contributed by atoms with Gasteiger partial charge >= 0.3 is 5.97 Å². The van der Waals surface area contributed by atoms with Gasteiger partial charge in [0.1, 0.15) is 0 Å². The van der Waals surface area contributed by atoms with Crippen LogP contribution in [0, 0.1) is 11.8 Å². The van der Waals surface area contributed by atoms with E-state index in [0.717, 1.165) is 0 Å². The molecule has 3 nitrogen and oxygen atoms in total. The number of nitrogens with two attached hydrogens (primary N) is 1. The second-order valence-corrected chi connectivity index (χ2v) is 2.90. The van der Waals surface area contributed by atoms with Crippen molar-refractivity contribution < 1.29 is 9.90 Å². The Kier molecular flexibility index (Phi) is 7.79. The molecule has 0 aromatic rings. The summed E-state index contributed by atoms with van der Waals surface area (Å²) in [5.74, 6) is -0.735. The second-order valence-electron chi connectivity index (χ2n) is 2.90. The Morgan fingerprint density at radius 1 is 1.55 bits per heavy atom. The maximum Gasteiger partial charge on any atom is 0.307 e. The van der Waals surface area contributed by atoms with E-state index in [9.17, 15) is 4.79 Å². The van der Waals surface area contributed by atoms with Crippen LogP contribution in [0.2, 0.25) is 0 Å². The lowest BCUT2D eigenvalue weighted by molar-refractivity contribution is -0.141. The highest BCUT2D eigenvalue weighted by Crippen LogP contribution is 2.09. The number of aliphatic carboxylic acids is 1. The first kappa shape index (κ1) is 13.3. The van der Waals surface area contributed by atoms with Crippen LogP contribution in [0.3, 0.4) is 0 Å². The molecule has 3 N–H and O–H groups in total. The molecule has 1 unspecified atom stereocenters. The van der Waals surface area contributed by atoms with Gasteiger partial charge in [-0.25, -0.2) is 0 Å². The molecule has 0 bridgehead atoms. The lowest BCUT2D eigenvalue weighted by Crippen LogP contribution is -2.24.